The van der Waals surface area contributed by atoms with Crippen LogP contribution in [0.3, 0.4) is 0 Å². The summed E-state index contributed by atoms with van der Waals surface area (Å²) >= 11 is 6.16. The maximum atomic E-state index is 6.16. The molecule has 1 aromatic heterocycles. The highest BCUT2D eigenvalue weighted by molar-refractivity contribution is 6.30. The number of nitrogens with zero attached hydrogens (tertiary/aromatic N) is 1. The van der Waals surface area contributed by atoms with E-state index in [1.54, 1.807) is 12.4 Å². The average molecular weight is 353 g/mol. The Labute approximate surface area is 153 Å². The number of halogens is 1. The molecule has 3 rings (SSSR count). The molecule has 1 N–H and O–H groups in total. The van der Waals surface area contributed by atoms with Crippen LogP contribution in [0.4, 0.5) is 0 Å². The third kappa shape index (κ3) is 5.31. The second-order valence-corrected chi connectivity index (χ2v) is 6.43. The van der Waals surface area contributed by atoms with Crippen molar-refractivity contribution < 1.29 is 4.74 Å². The first-order chi connectivity index (χ1) is 12.2. The van der Waals surface area contributed by atoms with E-state index in [1.165, 1.54) is 11.1 Å². The van der Waals surface area contributed by atoms with Gasteiger partial charge in [-0.3, -0.25) is 4.98 Å². The SMILES string of the molecule is Cc1cccc(COc2ccc(Cl)cc2CNCc2ccncc2)c1. The van der Waals surface area contributed by atoms with E-state index in [-0.39, 0.29) is 0 Å². The van der Waals surface area contributed by atoms with Gasteiger partial charge in [0.25, 0.3) is 0 Å². The summed E-state index contributed by atoms with van der Waals surface area (Å²) in [5, 5.41) is 4.14. The van der Waals surface area contributed by atoms with Gasteiger partial charge >= 0.3 is 0 Å². The number of hydrogen-bond donors (Lipinski definition) is 1. The van der Waals surface area contributed by atoms with Gasteiger partial charge in [-0.15, -0.1) is 0 Å². The van der Waals surface area contributed by atoms with Crippen molar-refractivity contribution in [1.29, 1.82) is 0 Å². The zero-order valence-electron chi connectivity index (χ0n) is 14.2. The fourth-order valence-corrected chi connectivity index (χ4v) is 2.83. The van der Waals surface area contributed by atoms with Crippen LogP contribution < -0.4 is 10.1 Å². The standard InChI is InChI=1S/C21H21ClN2O/c1-16-3-2-4-18(11-16)15-25-21-6-5-20(22)12-19(21)14-24-13-17-7-9-23-10-8-17/h2-12,24H,13-15H2,1H3. The van der Waals surface area contributed by atoms with E-state index in [1.807, 2.05) is 36.4 Å². The van der Waals surface area contributed by atoms with E-state index in [0.29, 0.717) is 18.2 Å². The molecule has 1 heterocycles. The highest BCUT2D eigenvalue weighted by Crippen LogP contribution is 2.24. The lowest BCUT2D eigenvalue weighted by Gasteiger charge is -2.13. The van der Waals surface area contributed by atoms with E-state index in [4.69, 9.17) is 16.3 Å². The molecule has 0 radical (unpaired) electrons. The maximum Gasteiger partial charge on any atom is 0.124 e. The zero-order valence-corrected chi connectivity index (χ0v) is 15.0. The summed E-state index contributed by atoms with van der Waals surface area (Å²) in [5.74, 6) is 0.855. The molecule has 2 aromatic carbocycles. The Morgan fingerprint density at radius 1 is 0.960 bits per heavy atom. The minimum absolute atomic E-state index is 0.542. The second-order valence-electron chi connectivity index (χ2n) is 5.99. The van der Waals surface area contributed by atoms with E-state index in [9.17, 15) is 0 Å². The summed E-state index contributed by atoms with van der Waals surface area (Å²) in [7, 11) is 0. The van der Waals surface area contributed by atoms with Crippen molar-refractivity contribution in [2.24, 2.45) is 0 Å². The van der Waals surface area contributed by atoms with Crippen LogP contribution in [0.25, 0.3) is 0 Å². The van der Waals surface area contributed by atoms with Crippen molar-refractivity contribution in [2.75, 3.05) is 0 Å². The Bertz CT molecular complexity index is 821. The molecule has 128 valence electrons. The Morgan fingerprint density at radius 3 is 2.60 bits per heavy atom. The van der Waals surface area contributed by atoms with Gasteiger partial charge in [0.1, 0.15) is 12.4 Å². The van der Waals surface area contributed by atoms with E-state index >= 15 is 0 Å². The largest absolute Gasteiger partial charge is 0.489 e. The normalized spacial score (nSPS) is 10.6. The van der Waals surface area contributed by atoms with Crippen molar-refractivity contribution >= 4 is 11.6 Å². The van der Waals surface area contributed by atoms with Gasteiger partial charge in [0, 0.05) is 36.1 Å². The summed E-state index contributed by atoms with van der Waals surface area (Å²) in [4.78, 5) is 4.03. The number of benzene rings is 2. The van der Waals surface area contributed by atoms with Gasteiger partial charge in [-0.2, -0.15) is 0 Å². The van der Waals surface area contributed by atoms with Crippen LogP contribution in [0.15, 0.2) is 67.0 Å². The number of nitrogens with one attached hydrogen (secondary N) is 1. The van der Waals surface area contributed by atoms with Crippen LogP contribution in [0, 0.1) is 6.92 Å². The number of hydrogen-bond acceptors (Lipinski definition) is 3. The van der Waals surface area contributed by atoms with Crippen LogP contribution >= 0.6 is 11.6 Å². The van der Waals surface area contributed by atoms with Crippen LogP contribution in [0.2, 0.25) is 5.02 Å². The maximum absolute atomic E-state index is 6.16. The lowest BCUT2D eigenvalue weighted by atomic mass is 10.1. The highest BCUT2D eigenvalue weighted by atomic mass is 35.5. The molecule has 25 heavy (non-hydrogen) atoms. The molecule has 3 nitrogen and oxygen atoms in total. The monoisotopic (exact) mass is 352 g/mol. The summed E-state index contributed by atoms with van der Waals surface area (Å²) in [6.45, 7) is 4.08. The number of ether oxygens (including phenoxy) is 1. The predicted molar refractivity (Wildman–Crippen MR) is 102 cm³/mol. The number of rotatable bonds is 7. The third-order valence-corrected chi connectivity index (χ3v) is 4.13. The Kier molecular flexibility index (Phi) is 6.04. The van der Waals surface area contributed by atoms with Crippen LogP contribution in [0.1, 0.15) is 22.3 Å². The minimum Gasteiger partial charge on any atom is -0.489 e. The van der Waals surface area contributed by atoms with Gasteiger partial charge in [-0.25, -0.2) is 0 Å². The molecule has 0 bridgehead atoms. The average Bonchev–Trinajstić information content (AvgIpc) is 2.62. The highest BCUT2D eigenvalue weighted by Gasteiger charge is 2.06. The lowest BCUT2D eigenvalue weighted by Crippen LogP contribution is -2.13. The lowest BCUT2D eigenvalue weighted by molar-refractivity contribution is 0.302. The molecule has 0 saturated heterocycles. The van der Waals surface area contributed by atoms with E-state index < -0.39 is 0 Å². The molecular weight excluding hydrogens is 332 g/mol. The first kappa shape index (κ1) is 17.5. The summed E-state index contributed by atoms with van der Waals surface area (Å²) in [5.41, 5.74) is 4.63. The Hall–Kier alpha value is -2.36. The molecule has 0 fully saturated rings. The van der Waals surface area contributed by atoms with Crippen LogP contribution in [0.5, 0.6) is 5.75 Å². The molecule has 0 spiro atoms. The molecule has 0 aliphatic heterocycles. The molecule has 0 amide bonds. The van der Waals surface area contributed by atoms with Crippen LogP contribution in [-0.2, 0) is 19.7 Å². The number of aromatic nitrogens is 1. The smallest absolute Gasteiger partial charge is 0.124 e. The molecule has 3 aromatic rings. The Balaban J connectivity index is 1.63. The van der Waals surface area contributed by atoms with Crippen LogP contribution in [-0.4, -0.2) is 4.98 Å². The molecule has 0 unspecified atom stereocenters. The Morgan fingerprint density at radius 2 is 1.80 bits per heavy atom. The van der Waals surface area contributed by atoms with Crippen molar-refractivity contribution in [3.8, 4) is 5.75 Å². The van der Waals surface area contributed by atoms with Gasteiger partial charge in [0.2, 0.25) is 0 Å². The molecule has 0 aliphatic rings. The molecule has 0 atom stereocenters. The molecule has 4 heteroatoms. The van der Waals surface area contributed by atoms with Gasteiger partial charge in [0.15, 0.2) is 0 Å². The third-order valence-electron chi connectivity index (χ3n) is 3.89. The van der Waals surface area contributed by atoms with Gasteiger partial charge in [0.05, 0.1) is 0 Å². The van der Waals surface area contributed by atoms with E-state index in [2.05, 4.69) is 35.4 Å². The summed E-state index contributed by atoms with van der Waals surface area (Å²) in [6, 6.07) is 18.1. The van der Waals surface area contributed by atoms with Crippen molar-refractivity contribution in [1.82, 2.24) is 10.3 Å². The number of pyridine rings is 1. The predicted octanol–water partition coefficient (Wildman–Crippen LogP) is 4.91. The fourth-order valence-electron chi connectivity index (χ4n) is 2.63. The molecule has 0 saturated carbocycles. The molecular formula is C21H21ClN2O. The zero-order chi connectivity index (χ0) is 17.5. The summed E-state index contributed by atoms with van der Waals surface area (Å²) < 4.78 is 6.03. The fraction of sp³-hybridized carbons (Fsp3) is 0.190. The van der Waals surface area contributed by atoms with E-state index in [0.717, 1.165) is 23.4 Å². The van der Waals surface area contributed by atoms with Gasteiger partial charge < -0.3 is 10.1 Å². The quantitative estimate of drug-likeness (QED) is 0.655. The van der Waals surface area contributed by atoms with Crippen molar-refractivity contribution in [2.45, 2.75) is 26.6 Å². The van der Waals surface area contributed by atoms with Gasteiger partial charge in [-0.1, -0.05) is 41.4 Å². The van der Waals surface area contributed by atoms with Crippen molar-refractivity contribution in [3.05, 3.63) is 94.3 Å². The number of aryl methyl sites for hydroxylation is 1. The van der Waals surface area contributed by atoms with Gasteiger partial charge in [-0.05, 0) is 48.4 Å². The first-order valence-electron chi connectivity index (χ1n) is 8.27. The topological polar surface area (TPSA) is 34.1 Å². The minimum atomic E-state index is 0.542. The second kappa shape index (κ2) is 8.65. The first-order valence-corrected chi connectivity index (χ1v) is 8.65. The van der Waals surface area contributed by atoms with Crippen molar-refractivity contribution in [3.63, 3.8) is 0 Å². The molecule has 0 aliphatic carbocycles. The summed E-state index contributed by atoms with van der Waals surface area (Å²) in [6.07, 6.45) is 3.60.